The third-order valence-electron chi connectivity index (χ3n) is 5.00. The number of aliphatic hydroxyl groups excluding tert-OH is 1. The summed E-state index contributed by atoms with van der Waals surface area (Å²) in [5.74, 6) is -0.649. The van der Waals surface area contributed by atoms with Gasteiger partial charge >= 0.3 is 6.18 Å². The van der Waals surface area contributed by atoms with Crippen LogP contribution in [-0.4, -0.2) is 28.4 Å². The normalized spacial score (nSPS) is 21.8. The molecule has 1 aliphatic carbocycles. The number of halogens is 3. The molecule has 0 radical (unpaired) electrons. The van der Waals surface area contributed by atoms with Crippen LogP contribution in [0, 0.1) is 5.41 Å². The van der Waals surface area contributed by atoms with Crippen LogP contribution in [0.3, 0.4) is 0 Å². The topological polar surface area (TPSA) is 57.6 Å². The molecule has 3 rings (SSSR count). The first-order chi connectivity index (χ1) is 11.2. The summed E-state index contributed by atoms with van der Waals surface area (Å²) >= 11 is 0. The Morgan fingerprint density at radius 1 is 1.21 bits per heavy atom. The van der Waals surface area contributed by atoms with E-state index < -0.39 is 23.3 Å². The monoisotopic (exact) mass is 341 g/mol. The zero-order chi connectivity index (χ0) is 17.5. The fourth-order valence-corrected chi connectivity index (χ4v) is 3.69. The van der Waals surface area contributed by atoms with Crippen LogP contribution in [-0.2, 0) is 15.8 Å². The highest BCUT2D eigenvalue weighted by molar-refractivity contribution is 6.06. The van der Waals surface area contributed by atoms with Crippen LogP contribution < -0.4 is 0 Å². The van der Waals surface area contributed by atoms with Gasteiger partial charge in [0.05, 0.1) is 23.6 Å². The fourth-order valence-electron chi connectivity index (χ4n) is 3.69. The van der Waals surface area contributed by atoms with Crippen molar-refractivity contribution in [2.75, 3.05) is 6.54 Å². The molecule has 1 atom stereocenters. The Kier molecular flexibility index (Phi) is 4.15. The van der Waals surface area contributed by atoms with Gasteiger partial charge in [-0.2, -0.15) is 13.2 Å². The molecule has 7 heteroatoms. The molecule has 2 amide bonds. The van der Waals surface area contributed by atoms with Crippen molar-refractivity contribution in [3.63, 3.8) is 0 Å². The highest BCUT2D eigenvalue weighted by atomic mass is 19.4. The number of amides is 2. The number of carbonyl (C=O) groups is 2. The predicted octanol–water partition coefficient (Wildman–Crippen LogP) is 3.06. The minimum atomic E-state index is -4.51. The molecule has 1 heterocycles. The maximum Gasteiger partial charge on any atom is 0.416 e. The molecular formula is C17H18F3NO3. The molecule has 130 valence electrons. The summed E-state index contributed by atoms with van der Waals surface area (Å²) in [5.41, 5.74) is -1.48. The van der Waals surface area contributed by atoms with Crippen LogP contribution in [0.5, 0.6) is 0 Å². The number of hydrogen-bond donors (Lipinski definition) is 1. The zero-order valence-electron chi connectivity index (χ0n) is 13.0. The minimum absolute atomic E-state index is 0.0396. The molecule has 2 fully saturated rings. The summed E-state index contributed by atoms with van der Waals surface area (Å²) in [5, 5.41) is 10.2. The number of likely N-dealkylation sites (tertiary alicyclic amines) is 1. The molecule has 1 aromatic carbocycles. The molecule has 1 saturated carbocycles. The van der Waals surface area contributed by atoms with Gasteiger partial charge in [0.1, 0.15) is 0 Å². The van der Waals surface area contributed by atoms with E-state index in [4.69, 9.17) is 0 Å². The Balaban J connectivity index is 1.76. The SMILES string of the molecule is O=C1CC2(CCCC2)C(=O)N1CC(O)c1cccc(C(F)(F)F)c1. The first-order valence-corrected chi connectivity index (χ1v) is 7.93. The number of carbonyl (C=O) groups excluding carboxylic acids is 2. The first-order valence-electron chi connectivity index (χ1n) is 7.93. The molecule has 1 saturated heterocycles. The number of rotatable bonds is 3. The summed E-state index contributed by atoms with van der Waals surface area (Å²) in [6.07, 6.45) is -2.60. The van der Waals surface area contributed by atoms with E-state index in [9.17, 15) is 27.9 Å². The second-order valence-corrected chi connectivity index (χ2v) is 6.61. The van der Waals surface area contributed by atoms with Crippen LogP contribution in [0.1, 0.15) is 49.3 Å². The second kappa shape index (κ2) is 5.88. The van der Waals surface area contributed by atoms with Crippen molar-refractivity contribution in [1.29, 1.82) is 0 Å². The van der Waals surface area contributed by atoms with Crippen molar-refractivity contribution in [3.05, 3.63) is 35.4 Å². The van der Waals surface area contributed by atoms with Crippen molar-refractivity contribution < 1.29 is 27.9 Å². The Labute approximate surface area is 137 Å². The number of hydrogen-bond acceptors (Lipinski definition) is 3. The van der Waals surface area contributed by atoms with E-state index in [2.05, 4.69) is 0 Å². The van der Waals surface area contributed by atoms with Gasteiger partial charge in [0.25, 0.3) is 0 Å². The number of aliphatic hydroxyl groups is 1. The lowest BCUT2D eigenvalue weighted by Crippen LogP contribution is -2.37. The van der Waals surface area contributed by atoms with Gasteiger partial charge in [0, 0.05) is 6.42 Å². The lowest BCUT2D eigenvalue weighted by molar-refractivity contribution is -0.143. The molecule has 4 nitrogen and oxygen atoms in total. The average Bonchev–Trinajstić information content (AvgIpc) is 3.08. The van der Waals surface area contributed by atoms with Crippen molar-refractivity contribution in [2.45, 2.75) is 44.4 Å². The predicted molar refractivity (Wildman–Crippen MR) is 78.6 cm³/mol. The van der Waals surface area contributed by atoms with Gasteiger partial charge < -0.3 is 5.11 Å². The molecule has 2 aliphatic rings. The third-order valence-corrected chi connectivity index (χ3v) is 5.00. The number of β-amino-alcohol motifs (C(OH)–C–C–N with tert-alkyl or cyclic N) is 1. The van der Waals surface area contributed by atoms with E-state index in [0.29, 0.717) is 12.8 Å². The van der Waals surface area contributed by atoms with E-state index in [1.165, 1.54) is 12.1 Å². The van der Waals surface area contributed by atoms with Gasteiger partial charge in [-0.15, -0.1) is 0 Å². The largest absolute Gasteiger partial charge is 0.416 e. The van der Waals surface area contributed by atoms with Gasteiger partial charge in [0.2, 0.25) is 11.8 Å². The van der Waals surface area contributed by atoms with Crippen LogP contribution in [0.4, 0.5) is 13.2 Å². The van der Waals surface area contributed by atoms with Crippen molar-refractivity contribution in [3.8, 4) is 0 Å². The van der Waals surface area contributed by atoms with Gasteiger partial charge in [-0.25, -0.2) is 0 Å². The fraction of sp³-hybridized carbons (Fsp3) is 0.529. The number of imide groups is 1. The van der Waals surface area contributed by atoms with Crippen LogP contribution in [0.15, 0.2) is 24.3 Å². The third kappa shape index (κ3) is 2.92. The molecule has 1 aromatic rings. The maximum atomic E-state index is 12.8. The number of benzene rings is 1. The van der Waals surface area contributed by atoms with E-state index in [1.807, 2.05) is 0 Å². The first kappa shape index (κ1) is 17.0. The van der Waals surface area contributed by atoms with Crippen molar-refractivity contribution in [1.82, 2.24) is 4.90 Å². The van der Waals surface area contributed by atoms with Crippen LogP contribution >= 0.6 is 0 Å². The average molecular weight is 341 g/mol. The quantitative estimate of drug-likeness (QED) is 0.860. The Morgan fingerprint density at radius 3 is 2.50 bits per heavy atom. The maximum absolute atomic E-state index is 12.8. The van der Waals surface area contributed by atoms with E-state index in [1.54, 1.807) is 0 Å². The summed E-state index contributed by atoms with van der Waals surface area (Å²) < 4.78 is 38.3. The second-order valence-electron chi connectivity index (χ2n) is 6.61. The highest BCUT2D eigenvalue weighted by Gasteiger charge is 2.52. The molecule has 0 aromatic heterocycles. The standard InChI is InChI=1S/C17H18F3NO3/c18-17(19,20)12-5-3-4-11(8-12)13(22)10-21-14(23)9-16(15(21)24)6-1-2-7-16/h3-5,8,13,22H,1-2,6-7,9-10H2. The van der Waals surface area contributed by atoms with Gasteiger partial charge in [-0.05, 0) is 30.5 Å². The lowest BCUT2D eigenvalue weighted by Gasteiger charge is -2.23. The molecule has 1 N–H and O–H groups in total. The zero-order valence-corrected chi connectivity index (χ0v) is 13.0. The number of nitrogens with zero attached hydrogens (tertiary/aromatic N) is 1. The van der Waals surface area contributed by atoms with E-state index in [-0.39, 0.29) is 30.3 Å². The molecular weight excluding hydrogens is 323 g/mol. The highest BCUT2D eigenvalue weighted by Crippen LogP contribution is 2.47. The van der Waals surface area contributed by atoms with E-state index in [0.717, 1.165) is 29.9 Å². The lowest BCUT2D eigenvalue weighted by atomic mass is 9.84. The molecule has 1 aliphatic heterocycles. The Morgan fingerprint density at radius 2 is 1.88 bits per heavy atom. The number of alkyl halides is 3. The van der Waals surface area contributed by atoms with Gasteiger partial charge in [-0.3, -0.25) is 14.5 Å². The molecule has 24 heavy (non-hydrogen) atoms. The Hall–Kier alpha value is -1.89. The molecule has 1 unspecified atom stereocenters. The summed E-state index contributed by atoms with van der Waals surface area (Å²) in [7, 11) is 0. The van der Waals surface area contributed by atoms with Crippen LogP contribution in [0.25, 0.3) is 0 Å². The summed E-state index contributed by atoms with van der Waals surface area (Å²) in [4.78, 5) is 25.7. The van der Waals surface area contributed by atoms with Crippen molar-refractivity contribution >= 4 is 11.8 Å². The minimum Gasteiger partial charge on any atom is -0.387 e. The Bertz CT molecular complexity index is 665. The summed E-state index contributed by atoms with van der Waals surface area (Å²) in [6.45, 7) is -0.305. The van der Waals surface area contributed by atoms with Crippen LogP contribution in [0.2, 0.25) is 0 Å². The van der Waals surface area contributed by atoms with Crippen molar-refractivity contribution in [2.24, 2.45) is 5.41 Å². The molecule has 1 spiro atoms. The van der Waals surface area contributed by atoms with Gasteiger partial charge in [-0.1, -0.05) is 25.0 Å². The summed E-state index contributed by atoms with van der Waals surface area (Å²) in [6, 6.07) is 4.32. The van der Waals surface area contributed by atoms with Gasteiger partial charge in [0.15, 0.2) is 0 Å². The molecule has 0 bridgehead atoms. The smallest absolute Gasteiger partial charge is 0.387 e. The van der Waals surface area contributed by atoms with E-state index >= 15 is 0 Å².